The summed E-state index contributed by atoms with van der Waals surface area (Å²) in [6.07, 6.45) is 7.90. The Labute approximate surface area is 185 Å². The van der Waals surface area contributed by atoms with Gasteiger partial charge in [0.15, 0.2) is 0 Å². The summed E-state index contributed by atoms with van der Waals surface area (Å²) < 4.78 is 1.05. The summed E-state index contributed by atoms with van der Waals surface area (Å²) in [5.41, 5.74) is 8.41. The zero-order valence-corrected chi connectivity index (χ0v) is 18.5. The molecule has 0 spiro atoms. The molecule has 0 aliphatic heterocycles. The molecule has 7 heteroatoms. The van der Waals surface area contributed by atoms with Crippen LogP contribution in [0.15, 0.2) is 34.9 Å². The summed E-state index contributed by atoms with van der Waals surface area (Å²) in [6.45, 7) is 1.47. The molecule has 156 valence electrons. The highest BCUT2D eigenvalue weighted by Crippen LogP contribution is 2.59. The number of benzene rings is 1. The van der Waals surface area contributed by atoms with Crippen LogP contribution in [0.1, 0.15) is 43.2 Å². The normalized spacial score (nSPS) is 31.4. The van der Waals surface area contributed by atoms with Crippen LogP contribution >= 0.6 is 15.9 Å². The highest BCUT2D eigenvalue weighted by Gasteiger charge is 2.54. The van der Waals surface area contributed by atoms with Crippen LogP contribution in [0.25, 0.3) is 0 Å². The van der Waals surface area contributed by atoms with Crippen molar-refractivity contribution in [3.05, 3.63) is 46.1 Å². The minimum atomic E-state index is 0.298. The van der Waals surface area contributed by atoms with Gasteiger partial charge in [0.2, 0.25) is 5.95 Å². The standard InChI is InChI=1S/C23H27BrN6/c24-19-4-2-1-3-15(19)11-27-22-28-12-18(10-25)21(30-22)29-13-23-7-14-5-16(8-23)20(26)17(6-14)9-23/h1-4,12,14,16-17,20H,5-9,11,13,26H2,(H2,27,28,29,30)/t14?,16-,17+,20-,23+. The van der Waals surface area contributed by atoms with E-state index in [2.05, 4.69) is 48.7 Å². The van der Waals surface area contributed by atoms with Gasteiger partial charge in [0.25, 0.3) is 0 Å². The van der Waals surface area contributed by atoms with E-state index in [1.165, 1.54) is 32.1 Å². The molecule has 1 aromatic carbocycles. The summed E-state index contributed by atoms with van der Waals surface area (Å²) >= 11 is 3.57. The summed E-state index contributed by atoms with van der Waals surface area (Å²) in [5.74, 6) is 3.31. The van der Waals surface area contributed by atoms with Crippen LogP contribution in [0.4, 0.5) is 11.8 Å². The van der Waals surface area contributed by atoms with E-state index >= 15 is 0 Å². The Bertz CT molecular complexity index is 970. The number of rotatable bonds is 6. The van der Waals surface area contributed by atoms with Crippen LogP contribution in [0.3, 0.4) is 0 Å². The maximum Gasteiger partial charge on any atom is 0.224 e. The minimum absolute atomic E-state index is 0.298. The molecule has 0 radical (unpaired) electrons. The van der Waals surface area contributed by atoms with E-state index in [-0.39, 0.29) is 0 Å². The molecule has 1 aromatic heterocycles. The molecule has 4 bridgehead atoms. The molecule has 1 unspecified atom stereocenters. The van der Waals surface area contributed by atoms with Crippen LogP contribution in [0.5, 0.6) is 0 Å². The van der Waals surface area contributed by atoms with E-state index in [1.54, 1.807) is 6.20 Å². The lowest BCUT2D eigenvalue weighted by Crippen LogP contribution is -2.58. The summed E-state index contributed by atoms with van der Waals surface area (Å²) in [6, 6.07) is 10.7. The molecule has 1 heterocycles. The summed E-state index contributed by atoms with van der Waals surface area (Å²) in [4.78, 5) is 8.95. The van der Waals surface area contributed by atoms with E-state index in [4.69, 9.17) is 5.73 Å². The monoisotopic (exact) mass is 466 g/mol. The van der Waals surface area contributed by atoms with Gasteiger partial charge in [0, 0.05) is 23.6 Å². The van der Waals surface area contributed by atoms with Gasteiger partial charge in [-0.3, -0.25) is 0 Å². The molecule has 0 amide bonds. The van der Waals surface area contributed by atoms with Crippen molar-refractivity contribution >= 4 is 27.7 Å². The van der Waals surface area contributed by atoms with Crippen LogP contribution in [-0.4, -0.2) is 22.6 Å². The summed E-state index contributed by atoms with van der Waals surface area (Å²) in [7, 11) is 0. The van der Waals surface area contributed by atoms with Gasteiger partial charge in [0.1, 0.15) is 17.5 Å². The largest absolute Gasteiger partial charge is 0.368 e. The van der Waals surface area contributed by atoms with Crippen molar-refractivity contribution in [1.29, 1.82) is 5.26 Å². The Hall–Kier alpha value is -2.17. The van der Waals surface area contributed by atoms with Gasteiger partial charge in [-0.25, -0.2) is 4.98 Å². The van der Waals surface area contributed by atoms with Gasteiger partial charge in [-0.1, -0.05) is 34.1 Å². The van der Waals surface area contributed by atoms with Crippen molar-refractivity contribution in [3.8, 4) is 6.07 Å². The average molecular weight is 467 g/mol. The summed E-state index contributed by atoms with van der Waals surface area (Å²) in [5, 5.41) is 16.3. The lowest BCUT2D eigenvalue weighted by molar-refractivity contribution is -0.0591. The first-order valence-electron chi connectivity index (χ1n) is 10.8. The molecule has 5 atom stereocenters. The first kappa shape index (κ1) is 19.8. The van der Waals surface area contributed by atoms with Crippen molar-refractivity contribution < 1.29 is 0 Å². The van der Waals surface area contributed by atoms with Crippen molar-refractivity contribution in [2.45, 2.75) is 44.7 Å². The maximum atomic E-state index is 9.54. The van der Waals surface area contributed by atoms with E-state index in [0.717, 1.165) is 22.5 Å². The maximum absolute atomic E-state index is 9.54. The molecular weight excluding hydrogens is 440 g/mol. The third-order valence-corrected chi connectivity index (χ3v) is 8.18. The van der Waals surface area contributed by atoms with E-state index in [1.807, 2.05) is 18.2 Å². The molecule has 4 fully saturated rings. The van der Waals surface area contributed by atoms with Gasteiger partial charge >= 0.3 is 0 Å². The number of nitrogens with two attached hydrogens (primary N) is 1. The number of hydrogen-bond acceptors (Lipinski definition) is 6. The quantitative estimate of drug-likeness (QED) is 0.586. The topological polar surface area (TPSA) is 99.6 Å². The molecule has 4 aliphatic carbocycles. The van der Waals surface area contributed by atoms with Crippen LogP contribution in [0, 0.1) is 34.5 Å². The second-order valence-electron chi connectivity index (χ2n) is 9.41. The molecule has 4 saturated carbocycles. The highest BCUT2D eigenvalue weighted by molar-refractivity contribution is 9.10. The van der Waals surface area contributed by atoms with Crippen molar-refractivity contribution in [2.75, 3.05) is 17.2 Å². The smallest absolute Gasteiger partial charge is 0.224 e. The predicted octanol–water partition coefficient (Wildman–Crippen LogP) is 4.29. The number of halogens is 1. The van der Waals surface area contributed by atoms with Crippen molar-refractivity contribution in [3.63, 3.8) is 0 Å². The zero-order chi connectivity index (χ0) is 20.7. The molecule has 30 heavy (non-hydrogen) atoms. The fraction of sp³-hybridized carbons (Fsp3) is 0.522. The third-order valence-electron chi connectivity index (χ3n) is 7.41. The first-order valence-corrected chi connectivity index (χ1v) is 11.6. The lowest BCUT2D eigenvalue weighted by Gasteiger charge is -2.59. The van der Waals surface area contributed by atoms with E-state index in [0.29, 0.717) is 47.2 Å². The van der Waals surface area contributed by atoms with Crippen LogP contribution < -0.4 is 16.4 Å². The SMILES string of the molecule is N#Cc1cnc(NCc2ccccc2Br)nc1NC[C@@]12CC3C[C@H](C1)[C@@H](N)[C@@H](C3)C2. The van der Waals surface area contributed by atoms with Gasteiger partial charge in [-0.05, 0) is 66.9 Å². The molecule has 4 aliphatic rings. The molecule has 0 saturated heterocycles. The number of nitrogens with zero attached hydrogens (tertiary/aromatic N) is 3. The number of anilines is 2. The lowest BCUT2D eigenvalue weighted by atomic mass is 9.48. The zero-order valence-electron chi connectivity index (χ0n) is 16.9. The number of nitriles is 1. The molecule has 6 nitrogen and oxygen atoms in total. The Morgan fingerprint density at radius 2 is 1.93 bits per heavy atom. The second-order valence-corrected chi connectivity index (χ2v) is 10.3. The van der Waals surface area contributed by atoms with Crippen LogP contribution in [0.2, 0.25) is 0 Å². The fourth-order valence-corrected chi connectivity index (χ4v) is 6.64. The molecule has 4 N–H and O–H groups in total. The Morgan fingerprint density at radius 3 is 2.67 bits per heavy atom. The number of aromatic nitrogens is 2. The van der Waals surface area contributed by atoms with E-state index in [9.17, 15) is 5.26 Å². The van der Waals surface area contributed by atoms with Gasteiger partial charge < -0.3 is 16.4 Å². The minimum Gasteiger partial charge on any atom is -0.368 e. The Morgan fingerprint density at radius 1 is 1.17 bits per heavy atom. The van der Waals surface area contributed by atoms with Crippen LogP contribution in [-0.2, 0) is 6.54 Å². The third kappa shape index (κ3) is 3.67. The predicted molar refractivity (Wildman–Crippen MR) is 121 cm³/mol. The second kappa shape index (κ2) is 7.82. The van der Waals surface area contributed by atoms with Gasteiger partial charge in [-0.2, -0.15) is 10.2 Å². The number of nitrogens with one attached hydrogen (secondary N) is 2. The first-order chi connectivity index (χ1) is 14.5. The average Bonchev–Trinajstić information content (AvgIpc) is 2.75. The fourth-order valence-electron chi connectivity index (χ4n) is 6.22. The Balaban J connectivity index is 1.29. The molecule has 2 aromatic rings. The van der Waals surface area contributed by atoms with E-state index < -0.39 is 0 Å². The van der Waals surface area contributed by atoms with Crippen molar-refractivity contribution in [1.82, 2.24) is 9.97 Å². The van der Waals surface area contributed by atoms with Gasteiger partial charge in [0.05, 0.1) is 6.20 Å². The highest BCUT2D eigenvalue weighted by atomic mass is 79.9. The Kier molecular flexibility index (Phi) is 5.16. The molecular formula is C23H27BrN6. The van der Waals surface area contributed by atoms with Crippen molar-refractivity contribution in [2.24, 2.45) is 28.9 Å². The van der Waals surface area contributed by atoms with Gasteiger partial charge in [-0.15, -0.1) is 0 Å². The molecule has 6 rings (SSSR count). The number of hydrogen-bond donors (Lipinski definition) is 3.